The van der Waals surface area contributed by atoms with Gasteiger partial charge in [-0.3, -0.25) is 5.01 Å². The Kier molecular flexibility index (Phi) is 4.00. The third-order valence-corrected chi connectivity index (χ3v) is 6.32. The van der Waals surface area contributed by atoms with Crippen molar-refractivity contribution in [2.75, 3.05) is 6.26 Å². The summed E-state index contributed by atoms with van der Waals surface area (Å²) in [6, 6.07) is 9.41. The van der Waals surface area contributed by atoms with E-state index in [9.17, 15) is 5.11 Å². The largest absolute Gasteiger partial charge is 0.367 e. The van der Waals surface area contributed by atoms with Crippen LogP contribution in [0.4, 0.5) is 0 Å². The SMILES string of the molecule is CSc1nc2c(s1)c1c(n2C)C(O)N(Cc2ccc(C#N)cc2)N=C1. The highest BCUT2D eigenvalue weighted by Gasteiger charge is 2.30. The number of rotatable bonds is 3. The number of aryl methyl sites for hydroxylation is 1. The van der Waals surface area contributed by atoms with E-state index in [2.05, 4.69) is 16.2 Å². The van der Waals surface area contributed by atoms with E-state index in [4.69, 9.17) is 5.26 Å². The summed E-state index contributed by atoms with van der Waals surface area (Å²) in [7, 11) is 1.92. The van der Waals surface area contributed by atoms with Crippen molar-refractivity contribution >= 4 is 39.7 Å². The molecule has 3 aromatic rings. The minimum atomic E-state index is -0.834. The summed E-state index contributed by atoms with van der Waals surface area (Å²) in [4.78, 5) is 4.62. The Bertz CT molecular complexity index is 1010. The molecule has 126 valence electrons. The molecule has 0 amide bonds. The van der Waals surface area contributed by atoms with Gasteiger partial charge < -0.3 is 9.67 Å². The van der Waals surface area contributed by atoms with E-state index in [-0.39, 0.29) is 0 Å². The van der Waals surface area contributed by atoms with Crippen molar-refractivity contribution in [2.45, 2.75) is 17.1 Å². The van der Waals surface area contributed by atoms with Crippen LogP contribution in [0.2, 0.25) is 0 Å². The fraction of sp³-hybridized carbons (Fsp3) is 0.235. The Morgan fingerprint density at radius 3 is 2.80 bits per heavy atom. The summed E-state index contributed by atoms with van der Waals surface area (Å²) >= 11 is 3.24. The van der Waals surface area contributed by atoms with Crippen LogP contribution >= 0.6 is 23.1 Å². The number of thioether (sulfide) groups is 1. The van der Waals surface area contributed by atoms with E-state index in [0.717, 1.165) is 31.5 Å². The molecule has 0 fully saturated rings. The molecular weight excluding hydrogens is 354 g/mol. The molecule has 0 saturated heterocycles. The average Bonchev–Trinajstić information content (AvgIpc) is 3.17. The van der Waals surface area contributed by atoms with Gasteiger partial charge in [-0.1, -0.05) is 23.9 Å². The number of hydrazone groups is 1. The third-order valence-electron chi connectivity index (χ3n) is 4.25. The average molecular weight is 369 g/mol. The molecule has 25 heavy (non-hydrogen) atoms. The molecule has 8 heteroatoms. The molecule has 6 nitrogen and oxygen atoms in total. The molecular formula is C17H15N5OS2. The number of hydrogen-bond donors (Lipinski definition) is 1. The maximum absolute atomic E-state index is 10.8. The first-order valence-corrected chi connectivity index (χ1v) is 9.67. The zero-order valence-electron chi connectivity index (χ0n) is 13.7. The first-order valence-electron chi connectivity index (χ1n) is 7.63. The number of fused-ring (bicyclic) bond motifs is 3. The van der Waals surface area contributed by atoms with Crippen LogP contribution in [0.1, 0.15) is 28.6 Å². The highest BCUT2D eigenvalue weighted by atomic mass is 32.2. The molecule has 1 N–H and O–H groups in total. The molecule has 4 rings (SSSR count). The number of nitriles is 1. The van der Waals surface area contributed by atoms with E-state index in [1.807, 2.05) is 30.0 Å². The van der Waals surface area contributed by atoms with Crippen molar-refractivity contribution < 1.29 is 5.11 Å². The summed E-state index contributed by atoms with van der Waals surface area (Å²) in [5.74, 6) is 0. The van der Waals surface area contributed by atoms with Crippen molar-refractivity contribution in [3.63, 3.8) is 0 Å². The van der Waals surface area contributed by atoms with Crippen molar-refractivity contribution in [3.8, 4) is 6.07 Å². The second kappa shape index (κ2) is 6.19. The molecule has 1 aliphatic heterocycles. The second-order valence-corrected chi connectivity index (χ2v) is 7.77. The lowest BCUT2D eigenvalue weighted by molar-refractivity contribution is -0.00998. The maximum Gasteiger partial charge on any atom is 0.184 e. The second-order valence-electron chi connectivity index (χ2n) is 5.72. The lowest BCUT2D eigenvalue weighted by Gasteiger charge is -2.29. The molecule has 0 radical (unpaired) electrons. The van der Waals surface area contributed by atoms with Crippen molar-refractivity contribution in [1.82, 2.24) is 14.6 Å². The highest BCUT2D eigenvalue weighted by Crippen LogP contribution is 2.38. The van der Waals surface area contributed by atoms with Crippen LogP contribution in [0.3, 0.4) is 0 Å². The minimum absolute atomic E-state index is 0.463. The van der Waals surface area contributed by atoms with Gasteiger partial charge in [-0.25, -0.2) is 4.98 Å². The summed E-state index contributed by atoms with van der Waals surface area (Å²) in [5.41, 5.74) is 4.23. The molecule has 2 aromatic heterocycles. The van der Waals surface area contributed by atoms with E-state index in [1.165, 1.54) is 0 Å². The Hall–Kier alpha value is -2.34. The van der Waals surface area contributed by atoms with Crippen molar-refractivity contribution in [1.29, 1.82) is 5.26 Å². The van der Waals surface area contributed by atoms with Crippen molar-refractivity contribution in [3.05, 3.63) is 46.6 Å². The Labute approximate surface area is 153 Å². The lowest BCUT2D eigenvalue weighted by Crippen LogP contribution is -2.28. The predicted molar refractivity (Wildman–Crippen MR) is 99.6 cm³/mol. The fourth-order valence-electron chi connectivity index (χ4n) is 2.97. The van der Waals surface area contributed by atoms with Gasteiger partial charge >= 0.3 is 0 Å². The number of aliphatic hydroxyl groups excluding tert-OH is 1. The van der Waals surface area contributed by atoms with Crippen LogP contribution in [0.15, 0.2) is 33.7 Å². The van der Waals surface area contributed by atoms with Crippen LogP contribution in [0.5, 0.6) is 0 Å². The molecule has 1 aliphatic rings. The molecule has 1 unspecified atom stereocenters. The Balaban J connectivity index is 1.67. The number of aliphatic hydroxyl groups is 1. The summed E-state index contributed by atoms with van der Waals surface area (Å²) in [6.45, 7) is 0.463. The first kappa shape index (κ1) is 16.1. The minimum Gasteiger partial charge on any atom is -0.367 e. The van der Waals surface area contributed by atoms with Gasteiger partial charge in [-0.15, -0.1) is 11.3 Å². The van der Waals surface area contributed by atoms with Gasteiger partial charge in [0.05, 0.1) is 34.8 Å². The number of benzene rings is 1. The molecule has 0 bridgehead atoms. The van der Waals surface area contributed by atoms with Crippen LogP contribution in [-0.4, -0.2) is 32.1 Å². The summed E-state index contributed by atoms with van der Waals surface area (Å²) in [6.07, 6.45) is 2.97. The molecule has 3 heterocycles. The van der Waals surface area contributed by atoms with Crippen LogP contribution < -0.4 is 0 Å². The number of aromatic nitrogens is 2. The first-order chi connectivity index (χ1) is 12.1. The standard InChI is InChI=1S/C17H15N5OS2/c1-21-13-12(14-15(21)20-17(24-2)25-14)8-19-22(16(13)23)9-11-5-3-10(7-18)4-6-11/h3-6,8,16,23H,9H2,1-2H3. The maximum atomic E-state index is 10.8. The van der Waals surface area contributed by atoms with Gasteiger partial charge in [0.1, 0.15) is 0 Å². The summed E-state index contributed by atoms with van der Waals surface area (Å²) in [5, 5.41) is 25.8. The monoisotopic (exact) mass is 369 g/mol. The van der Waals surface area contributed by atoms with Crippen LogP contribution in [-0.2, 0) is 13.6 Å². The van der Waals surface area contributed by atoms with Crippen LogP contribution in [0, 0.1) is 11.3 Å². The number of nitrogens with zero attached hydrogens (tertiary/aromatic N) is 5. The van der Waals surface area contributed by atoms with Gasteiger partial charge in [0.2, 0.25) is 0 Å². The zero-order valence-corrected chi connectivity index (χ0v) is 15.3. The van der Waals surface area contributed by atoms with Gasteiger partial charge in [-0.05, 0) is 24.0 Å². The van der Waals surface area contributed by atoms with Gasteiger partial charge in [0.25, 0.3) is 0 Å². The smallest absolute Gasteiger partial charge is 0.184 e. The number of thiazole rings is 1. The molecule has 0 spiro atoms. The quantitative estimate of drug-likeness (QED) is 0.718. The molecule has 0 aliphatic carbocycles. The number of hydrogen-bond acceptors (Lipinski definition) is 7. The van der Waals surface area contributed by atoms with E-state index < -0.39 is 6.23 Å². The van der Waals surface area contributed by atoms with Gasteiger partial charge in [-0.2, -0.15) is 10.4 Å². The zero-order chi connectivity index (χ0) is 17.6. The topological polar surface area (TPSA) is 77.4 Å². The predicted octanol–water partition coefficient (Wildman–Crippen LogP) is 3.07. The third kappa shape index (κ3) is 2.61. The van der Waals surface area contributed by atoms with Crippen molar-refractivity contribution in [2.24, 2.45) is 12.1 Å². The van der Waals surface area contributed by atoms with Gasteiger partial charge in [0.15, 0.2) is 16.2 Å². The molecule has 0 saturated carbocycles. The Morgan fingerprint density at radius 1 is 1.36 bits per heavy atom. The van der Waals surface area contributed by atoms with E-state index in [0.29, 0.717) is 12.1 Å². The Morgan fingerprint density at radius 2 is 2.12 bits per heavy atom. The van der Waals surface area contributed by atoms with Crippen LogP contribution in [0.25, 0.3) is 10.3 Å². The van der Waals surface area contributed by atoms with Gasteiger partial charge in [0, 0.05) is 12.6 Å². The fourth-order valence-corrected chi connectivity index (χ4v) is 4.58. The van der Waals surface area contributed by atoms with E-state index >= 15 is 0 Å². The molecule has 1 atom stereocenters. The highest BCUT2D eigenvalue weighted by molar-refractivity contribution is 8.00. The normalized spacial score (nSPS) is 16.2. The summed E-state index contributed by atoms with van der Waals surface area (Å²) < 4.78 is 4.01. The molecule has 1 aromatic carbocycles. The lowest BCUT2D eigenvalue weighted by atomic mass is 10.1. The van der Waals surface area contributed by atoms with E-state index in [1.54, 1.807) is 46.5 Å².